The van der Waals surface area contributed by atoms with Crippen LogP contribution in [0.25, 0.3) is 0 Å². The van der Waals surface area contributed by atoms with E-state index in [1.807, 2.05) is 0 Å². The Labute approximate surface area is 129 Å². The number of carbonyl (C=O) groups excluding carboxylic acids is 1. The number of amides is 1. The van der Waals surface area contributed by atoms with Gasteiger partial charge in [-0.25, -0.2) is 4.79 Å². The van der Waals surface area contributed by atoms with Crippen LogP contribution in [0, 0.1) is 9.81 Å². The van der Waals surface area contributed by atoms with Crippen molar-refractivity contribution in [3.05, 3.63) is 9.81 Å². The molecule has 0 aromatic carbocycles. The van der Waals surface area contributed by atoms with Gasteiger partial charge in [0, 0.05) is 13.3 Å². The van der Waals surface area contributed by atoms with Crippen LogP contribution in [-0.2, 0) is 14.3 Å². The molecule has 0 aromatic rings. The first-order valence-corrected chi connectivity index (χ1v) is 6.54. The zero-order chi connectivity index (χ0) is 17.8. The molecule has 1 saturated heterocycles. The highest BCUT2D eigenvalue weighted by Gasteiger charge is 2.55. The molecule has 1 aliphatic rings. The van der Waals surface area contributed by atoms with Crippen molar-refractivity contribution in [1.29, 1.82) is 0 Å². The van der Waals surface area contributed by atoms with E-state index in [0.29, 0.717) is 0 Å². The standard InChI is InChI=1S/C11H17N3O9/c1-4(15)13-7-5(14-22)2-11(20,10(18)19)23-9(7)8(17)6(16)3-12-21/h5-9,16-17,20H,2-3H2,1H3,(H,13,15)(H,18,19). The van der Waals surface area contributed by atoms with E-state index >= 15 is 0 Å². The molecule has 23 heavy (non-hydrogen) atoms. The normalized spacial score (nSPS) is 33.3. The predicted octanol–water partition coefficient (Wildman–Crippen LogP) is -2.32. The van der Waals surface area contributed by atoms with Crippen molar-refractivity contribution in [3.8, 4) is 0 Å². The second-order valence-corrected chi connectivity index (χ2v) is 5.14. The first-order chi connectivity index (χ1) is 10.7. The number of nitroso groups, excluding NO2 is 2. The van der Waals surface area contributed by atoms with E-state index in [-0.39, 0.29) is 0 Å². The number of carbonyl (C=O) groups is 2. The highest BCUT2D eigenvalue weighted by molar-refractivity contribution is 5.76. The average Bonchev–Trinajstić information content (AvgIpc) is 2.47. The Kier molecular flexibility index (Phi) is 6.20. The largest absolute Gasteiger partial charge is 0.477 e. The fraction of sp³-hybridized carbons (Fsp3) is 0.818. The van der Waals surface area contributed by atoms with Gasteiger partial charge in [-0.2, -0.15) is 9.81 Å². The van der Waals surface area contributed by atoms with E-state index in [4.69, 9.17) is 9.84 Å². The van der Waals surface area contributed by atoms with Gasteiger partial charge in [-0.15, -0.1) is 0 Å². The maximum Gasteiger partial charge on any atom is 0.364 e. The third kappa shape index (κ3) is 4.25. The van der Waals surface area contributed by atoms with Crippen LogP contribution >= 0.6 is 0 Å². The van der Waals surface area contributed by atoms with Crippen molar-refractivity contribution in [2.75, 3.05) is 6.54 Å². The number of nitrogens with zero attached hydrogens (tertiary/aromatic N) is 2. The molecule has 1 rings (SSSR count). The number of hydrogen-bond acceptors (Lipinski definition) is 10. The van der Waals surface area contributed by atoms with Crippen LogP contribution in [-0.4, -0.2) is 75.0 Å². The molecular formula is C11H17N3O9. The lowest BCUT2D eigenvalue weighted by atomic mass is 9.87. The van der Waals surface area contributed by atoms with Crippen molar-refractivity contribution < 1.29 is 34.8 Å². The molecule has 0 saturated carbocycles. The maximum atomic E-state index is 11.2. The van der Waals surface area contributed by atoms with Gasteiger partial charge >= 0.3 is 5.97 Å². The molecule has 0 radical (unpaired) electrons. The molecule has 0 bridgehead atoms. The van der Waals surface area contributed by atoms with Crippen molar-refractivity contribution in [1.82, 2.24) is 5.32 Å². The molecule has 1 amide bonds. The van der Waals surface area contributed by atoms with Crippen LogP contribution in [0.1, 0.15) is 13.3 Å². The van der Waals surface area contributed by atoms with Gasteiger partial charge in [0.05, 0.1) is 6.04 Å². The molecule has 1 aliphatic heterocycles. The van der Waals surface area contributed by atoms with Gasteiger partial charge < -0.3 is 30.5 Å². The smallest absolute Gasteiger partial charge is 0.364 e. The average molecular weight is 335 g/mol. The first kappa shape index (κ1) is 19.0. The molecule has 6 atom stereocenters. The fourth-order valence-electron chi connectivity index (χ4n) is 2.31. The summed E-state index contributed by atoms with van der Waals surface area (Å²) in [5.74, 6) is -5.34. The van der Waals surface area contributed by atoms with Gasteiger partial charge in [0.2, 0.25) is 5.91 Å². The van der Waals surface area contributed by atoms with Crippen LogP contribution < -0.4 is 5.32 Å². The Morgan fingerprint density at radius 3 is 2.43 bits per heavy atom. The lowest BCUT2D eigenvalue weighted by molar-refractivity contribution is -0.281. The number of carboxylic acid groups (broad SMARTS) is 1. The van der Waals surface area contributed by atoms with Gasteiger partial charge in [-0.05, 0) is 0 Å². The molecule has 0 spiro atoms. The number of carboxylic acids is 1. The minimum absolute atomic E-state index is 0.645. The number of ether oxygens (including phenoxy) is 1. The second kappa shape index (κ2) is 7.50. The monoisotopic (exact) mass is 335 g/mol. The summed E-state index contributed by atoms with van der Waals surface area (Å²) in [7, 11) is 0. The Morgan fingerprint density at radius 2 is 2.00 bits per heavy atom. The molecule has 1 fully saturated rings. The quantitative estimate of drug-likeness (QED) is 0.317. The van der Waals surface area contributed by atoms with Crippen LogP contribution in [0.2, 0.25) is 0 Å². The van der Waals surface area contributed by atoms with Crippen molar-refractivity contribution in [2.45, 2.75) is 49.5 Å². The van der Waals surface area contributed by atoms with Crippen LogP contribution in [0.3, 0.4) is 0 Å². The van der Waals surface area contributed by atoms with Crippen molar-refractivity contribution >= 4 is 11.9 Å². The summed E-state index contributed by atoms with van der Waals surface area (Å²) in [6, 6.07) is -2.77. The number of hydrogen-bond donors (Lipinski definition) is 5. The van der Waals surface area contributed by atoms with E-state index in [1.165, 1.54) is 0 Å². The summed E-state index contributed by atoms with van der Waals surface area (Å²) in [5, 5.41) is 45.8. The highest BCUT2D eigenvalue weighted by Crippen LogP contribution is 2.32. The Hall–Kier alpha value is -2.02. The first-order valence-electron chi connectivity index (χ1n) is 6.54. The Balaban J connectivity index is 3.18. The molecular weight excluding hydrogens is 318 g/mol. The Bertz CT molecular complexity index is 487. The lowest BCUT2D eigenvalue weighted by Gasteiger charge is -2.44. The summed E-state index contributed by atoms with van der Waals surface area (Å²) < 4.78 is 4.90. The highest BCUT2D eigenvalue weighted by atomic mass is 16.7. The maximum absolute atomic E-state index is 11.2. The van der Waals surface area contributed by atoms with Crippen LogP contribution in [0.4, 0.5) is 0 Å². The molecule has 12 nitrogen and oxygen atoms in total. The van der Waals surface area contributed by atoms with E-state index in [1.54, 1.807) is 0 Å². The van der Waals surface area contributed by atoms with Crippen LogP contribution in [0.15, 0.2) is 10.4 Å². The summed E-state index contributed by atoms with van der Waals surface area (Å²) >= 11 is 0. The summed E-state index contributed by atoms with van der Waals surface area (Å²) in [6.45, 7) is 0.339. The summed E-state index contributed by atoms with van der Waals surface area (Å²) in [5.41, 5.74) is 0. The summed E-state index contributed by atoms with van der Waals surface area (Å²) in [6.07, 6.45) is -6.17. The minimum atomic E-state index is -2.85. The van der Waals surface area contributed by atoms with Gasteiger partial charge in [-0.3, -0.25) is 4.79 Å². The van der Waals surface area contributed by atoms with E-state index in [2.05, 4.69) is 15.7 Å². The molecule has 6 unspecified atom stereocenters. The SMILES string of the molecule is CC(=O)NC1C(N=O)CC(O)(C(=O)O)OC1C(O)C(O)CN=O. The third-order valence-corrected chi connectivity index (χ3v) is 3.42. The van der Waals surface area contributed by atoms with Gasteiger partial charge in [0.1, 0.15) is 30.9 Å². The van der Waals surface area contributed by atoms with E-state index in [0.717, 1.165) is 6.92 Å². The number of aliphatic carboxylic acids is 1. The van der Waals surface area contributed by atoms with E-state index < -0.39 is 61.0 Å². The molecule has 5 N–H and O–H groups in total. The number of aliphatic hydroxyl groups excluding tert-OH is 2. The third-order valence-electron chi connectivity index (χ3n) is 3.42. The van der Waals surface area contributed by atoms with Crippen molar-refractivity contribution in [2.24, 2.45) is 10.4 Å². The zero-order valence-electron chi connectivity index (χ0n) is 12.0. The second-order valence-electron chi connectivity index (χ2n) is 5.14. The minimum Gasteiger partial charge on any atom is -0.477 e. The molecule has 0 aliphatic carbocycles. The zero-order valence-corrected chi connectivity index (χ0v) is 12.0. The Morgan fingerprint density at radius 1 is 1.39 bits per heavy atom. The number of nitrogens with one attached hydrogen (secondary N) is 1. The molecule has 1 heterocycles. The number of rotatable bonds is 7. The van der Waals surface area contributed by atoms with Gasteiger partial charge in [0.15, 0.2) is 0 Å². The molecule has 0 aromatic heterocycles. The van der Waals surface area contributed by atoms with E-state index in [9.17, 15) is 34.7 Å². The fourth-order valence-corrected chi connectivity index (χ4v) is 2.31. The summed E-state index contributed by atoms with van der Waals surface area (Å²) in [4.78, 5) is 43.5. The van der Waals surface area contributed by atoms with Gasteiger partial charge in [0.25, 0.3) is 5.79 Å². The lowest BCUT2D eigenvalue weighted by Crippen LogP contribution is -2.66. The van der Waals surface area contributed by atoms with Crippen LogP contribution in [0.5, 0.6) is 0 Å². The molecule has 12 heteroatoms. The molecule has 130 valence electrons. The predicted molar refractivity (Wildman–Crippen MR) is 71.9 cm³/mol. The topological polar surface area (TPSA) is 195 Å². The number of aliphatic hydroxyl groups is 3. The van der Waals surface area contributed by atoms with Gasteiger partial charge in [-0.1, -0.05) is 10.4 Å². The van der Waals surface area contributed by atoms with Crippen molar-refractivity contribution in [3.63, 3.8) is 0 Å².